The van der Waals surface area contributed by atoms with Gasteiger partial charge in [0.25, 0.3) is 0 Å². The third-order valence-electron chi connectivity index (χ3n) is 4.01. The molecule has 0 spiro atoms. The van der Waals surface area contributed by atoms with E-state index in [9.17, 15) is 14.7 Å². The summed E-state index contributed by atoms with van der Waals surface area (Å²) in [5.41, 5.74) is 0.601. The molecule has 8 nitrogen and oxygen atoms in total. The fourth-order valence-corrected chi connectivity index (χ4v) is 2.57. The Bertz CT molecular complexity index is 617. The number of carboxylic acids is 1. The van der Waals surface area contributed by atoms with Gasteiger partial charge in [-0.15, -0.1) is 0 Å². The molecule has 0 saturated carbocycles. The molecule has 1 heterocycles. The van der Waals surface area contributed by atoms with Gasteiger partial charge in [-0.3, -0.25) is 9.59 Å². The highest BCUT2D eigenvalue weighted by Crippen LogP contribution is 2.27. The number of carboxylic acid groups (broad SMARTS) is 1. The van der Waals surface area contributed by atoms with Crippen LogP contribution in [0.1, 0.15) is 24.8 Å². The van der Waals surface area contributed by atoms with Crippen LogP contribution in [0.4, 0.5) is 0 Å². The van der Waals surface area contributed by atoms with Crippen LogP contribution < -0.4 is 4.74 Å². The van der Waals surface area contributed by atoms with E-state index in [-0.39, 0.29) is 36.9 Å². The van der Waals surface area contributed by atoms with Crippen LogP contribution in [0.5, 0.6) is 11.5 Å². The van der Waals surface area contributed by atoms with Gasteiger partial charge in [0.05, 0.1) is 13.1 Å². The Hall–Kier alpha value is -2.26. The SMILES string of the molecule is O=C(O)CCCC(=O)N1CC(Oc2ccc(CCB(O)O)c(O)c2)C1. The largest absolute Gasteiger partial charge is 0.508 e. The molecule has 0 atom stereocenters. The first-order valence-corrected chi connectivity index (χ1v) is 8.19. The van der Waals surface area contributed by atoms with Crippen molar-refractivity contribution in [3.8, 4) is 11.5 Å². The highest BCUT2D eigenvalue weighted by atomic mass is 16.5. The van der Waals surface area contributed by atoms with E-state index in [0.717, 1.165) is 0 Å². The summed E-state index contributed by atoms with van der Waals surface area (Å²) in [5, 5.41) is 36.2. The fraction of sp³-hybridized carbons (Fsp3) is 0.500. The lowest BCUT2D eigenvalue weighted by Crippen LogP contribution is -2.56. The summed E-state index contributed by atoms with van der Waals surface area (Å²) in [6, 6.07) is 4.83. The minimum Gasteiger partial charge on any atom is -0.508 e. The van der Waals surface area contributed by atoms with E-state index < -0.39 is 13.1 Å². The number of carbonyl (C=O) groups is 2. The molecule has 0 aliphatic carbocycles. The third-order valence-corrected chi connectivity index (χ3v) is 4.01. The Kier molecular flexibility index (Phi) is 6.66. The van der Waals surface area contributed by atoms with Crippen LogP contribution in [0.15, 0.2) is 18.2 Å². The van der Waals surface area contributed by atoms with Crippen molar-refractivity contribution in [1.29, 1.82) is 0 Å². The molecule has 0 bridgehead atoms. The van der Waals surface area contributed by atoms with Crippen LogP contribution in [-0.2, 0) is 16.0 Å². The number of amides is 1. The quantitative estimate of drug-likeness (QED) is 0.470. The van der Waals surface area contributed by atoms with Gasteiger partial charge in [0.15, 0.2) is 0 Å². The van der Waals surface area contributed by atoms with Crippen LogP contribution in [0.25, 0.3) is 0 Å². The Morgan fingerprint density at radius 3 is 2.56 bits per heavy atom. The summed E-state index contributed by atoms with van der Waals surface area (Å²) in [6.45, 7) is 0.871. The number of aromatic hydroxyl groups is 1. The lowest BCUT2D eigenvalue weighted by molar-refractivity contribution is -0.140. The number of ether oxygens (including phenoxy) is 1. The molecular formula is C16H22BNO7. The lowest BCUT2D eigenvalue weighted by atomic mass is 9.82. The molecule has 1 saturated heterocycles. The number of carbonyl (C=O) groups excluding carboxylic acids is 1. The number of likely N-dealkylation sites (tertiary alicyclic amines) is 1. The second-order valence-electron chi connectivity index (χ2n) is 6.10. The summed E-state index contributed by atoms with van der Waals surface area (Å²) in [5.74, 6) is -0.482. The maximum absolute atomic E-state index is 11.8. The molecule has 0 aromatic heterocycles. The van der Waals surface area contributed by atoms with Gasteiger partial charge < -0.3 is 29.9 Å². The standard InChI is InChI=1S/C16H22BNO7/c19-14-8-12(5-4-11(14)6-7-17(23)24)25-13-9-18(10-13)15(20)2-1-3-16(21)22/h4-5,8,13,19,23-24H,1-3,6-7,9-10H2,(H,21,22). The minimum atomic E-state index is -1.41. The average Bonchev–Trinajstić information content (AvgIpc) is 2.48. The molecule has 1 aromatic rings. The fourth-order valence-electron chi connectivity index (χ4n) is 2.57. The second-order valence-corrected chi connectivity index (χ2v) is 6.10. The number of phenolic OH excluding ortho intramolecular Hbond substituents is 1. The number of benzene rings is 1. The molecule has 25 heavy (non-hydrogen) atoms. The van der Waals surface area contributed by atoms with Crippen molar-refractivity contribution in [3.63, 3.8) is 0 Å². The predicted molar refractivity (Wildman–Crippen MR) is 89.3 cm³/mol. The Balaban J connectivity index is 1.74. The Morgan fingerprint density at radius 1 is 1.24 bits per heavy atom. The molecule has 0 unspecified atom stereocenters. The third kappa shape index (κ3) is 5.95. The normalized spacial score (nSPS) is 14.1. The molecule has 0 radical (unpaired) electrons. The van der Waals surface area contributed by atoms with Crippen molar-refractivity contribution in [1.82, 2.24) is 4.90 Å². The zero-order valence-corrected chi connectivity index (χ0v) is 13.8. The van der Waals surface area contributed by atoms with Gasteiger partial charge in [0.1, 0.15) is 17.6 Å². The summed E-state index contributed by atoms with van der Waals surface area (Å²) in [4.78, 5) is 23.9. The van der Waals surface area contributed by atoms with E-state index in [1.54, 1.807) is 17.0 Å². The van der Waals surface area contributed by atoms with Gasteiger partial charge >= 0.3 is 13.1 Å². The summed E-state index contributed by atoms with van der Waals surface area (Å²) in [7, 11) is -1.41. The van der Waals surface area contributed by atoms with Gasteiger partial charge in [-0.1, -0.05) is 6.07 Å². The van der Waals surface area contributed by atoms with Crippen LogP contribution in [0, 0.1) is 0 Å². The number of hydrogen-bond acceptors (Lipinski definition) is 6. The Morgan fingerprint density at radius 2 is 1.96 bits per heavy atom. The van der Waals surface area contributed by atoms with Crippen molar-refractivity contribution in [2.45, 2.75) is 38.1 Å². The first-order valence-electron chi connectivity index (χ1n) is 8.19. The van der Waals surface area contributed by atoms with Crippen LogP contribution in [0.3, 0.4) is 0 Å². The maximum atomic E-state index is 11.8. The lowest BCUT2D eigenvalue weighted by Gasteiger charge is -2.39. The molecule has 1 aromatic carbocycles. The zero-order valence-electron chi connectivity index (χ0n) is 13.8. The molecule has 136 valence electrons. The summed E-state index contributed by atoms with van der Waals surface area (Å²) < 4.78 is 5.69. The topological polar surface area (TPSA) is 128 Å². The van der Waals surface area contributed by atoms with Gasteiger partial charge in [-0.2, -0.15) is 0 Å². The van der Waals surface area contributed by atoms with Crippen molar-refractivity contribution < 1.29 is 34.6 Å². The van der Waals surface area contributed by atoms with Gasteiger partial charge in [-0.25, -0.2) is 0 Å². The van der Waals surface area contributed by atoms with Crippen LogP contribution >= 0.6 is 0 Å². The van der Waals surface area contributed by atoms with E-state index in [0.29, 0.717) is 37.2 Å². The van der Waals surface area contributed by atoms with Crippen LogP contribution in [-0.4, -0.2) is 63.3 Å². The number of aryl methyl sites for hydroxylation is 1. The van der Waals surface area contributed by atoms with Gasteiger partial charge in [0, 0.05) is 18.9 Å². The molecule has 1 aliphatic rings. The zero-order chi connectivity index (χ0) is 18.4. The van der Waals surface area contributed by atoms with E-state index in [1.807, 2.05) is 0 Å². The first-order chi connectivity index (χ1) is 11.8. The number of phenols is 1. The molecular weight excluding hydrogens is 329 g/mol. The van der Waals surface area contributed by atoms with E-state index in [2.05, 4.69) is 0 Å². The molecule has 4 N–H and O–H groups in total. The molecule has 1 fully saturated rings. The van der Waals surface area contributed by atoms with Crippen molar-refractivity contribution in [3.05, 3.63) is 23.8 Å². The van der Waals surface area contributed by atoms with Crippen LogP contribution in [0.2, 0.25) is 6.32 Å². The average molecular weight is 351 g/mol. The number of rotatable bonds is 9. The Labute approximate surface area is 145 Å². The maximum Gasteiger partial charge on any atom is 0.451 e. The highest BCUT2D eigenvalue weighted by Gasteiger charge is 2.32. The summed E-state index contributed by atoms with van der Waals surface area (Å²) in [6.07, 6.45) is 0.840. The predicted octanol–water partition coefficient (Wildman–Crippen LogP) is 0.252. The summed E-state index contributed by atoms with van der Waals surface area (Å²) >= 11 is 0. The monoisotopic (exact) mass is 351 g/mol. The minimum absolute atomic E-state index is 0.0154. The molecule has 1 aliphatic heterocycles. The van der Waals surface area contributed by atoms with E-state index in [4.69, 9.17) is 19.9 Å². The molecule has 9 heteroatoms. The smallest absolute Gasteiger partial charge is 0.451 e. The molecule has 2 rings (SSSR count). The second kappa shape index (κ2) is 8.73. The van der Waals surface area contributed by atoms with Crippen molar-refractivity contribution >= 4 is 19.0 Å². The van der Waals surface area contributed by atoms with Gasteiger partial charge in [-0.05, 0) is 30.8 Å². The molecule has 1 amide bonds. The number of hydrogen-bond donors (Lipinski definition) is 4. The number of aliphatic carboxylic acids is 1. The van der Waals surface area contributed by atoms with E-state index in [1.165, 1.54) is 6.07 Å². The number of nitrogens with zero attached hydrogens (tertiary/aromatic N) is 1. The van der Waals surface area contributed by atoms with Gasteiger partial charge in [0.2, 0.25) is 5.91 Å². The van der Waals surface area contributed by atoms with E-state index >= 15 is 0 Å². The highest BCUT2D eigenvalue weighted by molar-refractivity contribution is 6.41. The van der Waals surface area contributed by atoms with Crippen molar-refractivity contribution in [2.75, 3.05) is 13.1 Å². The first kappa shape index (κ1) is 19.1. The van der Waals surface area contributed by atoms with Crippen molar-refractivity contribution in [2.24, 2.45) is 0 Å².